The molecule has 1 aliphatic heterocycles. The molecule has 172 valence electrons. The van der Waals surface area contributed by atoms with Crippen molar-refractivity contribution in [3.63, 3.8) is 0 Å². The maximum absolute atomic E-state index is 12.8. The molecule has 1 amide bonds. The van der Waals surface area contributed by atoms with Gasteiger partial charge in [0, 0.05) is 30.4 Å². The molecule has 3 rings (SSSR count). The second-order valence-corrected chi connectivity index (χ2v) is 7.92. The first-order valence-electron chi connectivity index (χ1n) is 10.0. The molecule has 0 aliphatic carbocycles. The fraction of sp³-hybridized carbons (Fsp3) is 0.381. The number of allylic oxidation sites excluding steroid dienone is 1. The average Bonchev–Trinajstić information content (AvgIpc) is 2.76. The van der Waals surface area contributed by atoms with Gasteiger partial charge in [-0.3, -0.25) is 14.7 Å². The quantitative estimate of drug-likeness (QED) is 0.436. The summed E-state index contributed by atoms with van der Waals surface area (Å²) >= 11 is 0. The predicted molar refractivity (Wildman–Crippen MR) is 117 cm³/mol. The van der Waals surface area contributed by atoms with Crippen molar-refractivity contribution >= 4 is 17.4 Å². The van der Waals surface area contributed by atoms with Crippen molar-refractivity contribution < 1.29 is 18.3 Å². The summed E-state index contributed by atoms with van der Waals surface area (Å²) < 4.78 is 31.2. The Balaban J connectivity index is 1.67. The highest BCUT2D eigenvalue weighted by molar-refractivity contribution is 5.99. The van der Waals surface area contributed by atoms with E-state index in [1.54, 1.807) is 24.0 Å². The van der Waals surface area contributed by atoms with Gasteiger partial charge >= 0.3 is 0 Å². The number of halogens is 2. The van der Waals surface area contributed by atoms with Gasteiger partial charge in [0.05, 0.1) is 16.9 Å². The Morgan fingerprint density at radius 2 is 1.94 bits per heavy atom. The maximum Gasteiger partial charge on any atom is 0.263 e. The Bertz CT molecular complexity index is 975. The van der Waals surface area contributed by atoms with E-state index in [0.29, 0.717) is 36.0 Å². The van der Waals surface area contributed by atoms with Gasteiger partial charge in [0.15, 0.2) is 5.82 Å². The number of nitrogens with one attached hydrogen (secondary N) is 1. The van der Waals surface area contributed by atoms with E-state index in [2.05, 4.69) is 15.5 Å². The fourth-order valence-electron chi connectivity index (χ4n) is 3.20. The highest BCUT2D eigenvalue weighted by atomic mass is 19.3. The van der Waals surface area contributed by atoms with Crippen LogP contribution < -0.4 is 31.5 Å². The first kappa shape index (κ1) is 23.4. The van der Waals surface area contributed by atoms with Crippen molar-refractivity contribution in [1.29, 1.82) is 0 Å². The van der Waals surface area contributed by atoms with Crippen molar-refractivity contribution in [2.45, 2.75) is 32.7 Å². The largest absolute Gasteiger partial charge is 0.470 e. The van der Waals surface area contributed by atoms with Gasteiger partial charge in [-0.2, -0.15) is 0 Å². The summed E-state index contributed by atoms with van der Waals surface area (Å²) in [5.41, 5.74) is 6.47. The Kier molecular flexibility index (Phi) is 6.90. The van der Waals surface area contributed by atoms with Gasteiger partial charge in [0.25, 0.3) is 6.43 Å². The van der Waals surface area contributed by atoms with Gasteiger partial charge in [-0.05, 0) is 39.0 Å². The van der Waals surface area contributed by atoms with Gasteiger partial charge < -0.3 is 15.8 Å². The zero-order chi connectivity index (χ0) is 23.5. The van der Waals surface area contributed by atoms with E-state index in [9.17, 15) is 13.6 Å². The van der Waals surface area contributed by atoms with Gasteiger partial charge in [0.2, 0.25) is 11.8 Å². The van der Waals surface area contributed by atoms with Gasteiger partial charge in [0.1, 0.15) is 6.61 Å². The Morgan fingerprint density at radius 3 is 2.50 bits per heavy atom. The lowest BCUT2D eigenvalue weighted by molar-refractivity contribution is -0.125. The minimum absolute atomic E-state index is 0.0247. The number of benzene rings is 1. The lowest BCUT2D eigenvalue weighted by atomic mass is 10.0. The molecule has 5 N–H and O–H groups in total. The highest BCUT2D eigenvalue weighted by Gasteiger charge is 2.36. The second kappa shape index (κ2) is 9.45. The van der Waals surface area contributed by atoms with E-state index < -0.39 is 12.0 Å². The first-order valence-corrected chi connectivity index (χ1v) is 10.0. The molecule has 2 aromatic rings. The molecule has 0 saturated carbocycles. The van der Waals surface area contributed by atoms with E-state index in [4.69, 9.17) is 16.3 Å². The summed E-state index contributed by atoms with van der Waals surface area (Å²) in [5.74, 6) is 6.70. The van der Waals surface area contributed by atoms with Gasteiger partial charge in [-0.25, -0.2) is 14.6 Å². The van der Waals surface area contributed by atoms with Crippen LogP contribution in [-0.4, -0.2) is 41.3 Å². The molecule has 1 fully saturated rings. The lowest BCUT2D eigenvalue weighted by Crippen LogP contribution is -2.61. The molecule has 11 heteroatoms. The van der Waals surface area contributed by atoms with Gasteiger partial charge in [-0.1, -0.05) is 12.1 Å². The third-order valence-corrected chi connectivity index (χ3v) is 5.11. The summed E-state index contributed by atoms with van der Waals surface area (Å²) in [4.78, 5) is 14.2. The molecular weight excluding hydrogens is 420 g/mol. The van der Waals surface area contributed by atoms with Crippen LogP contribution in [0.25, 0.3) is 0 Å². The monoisotopic (exact) mass is 447 g/mol. The molecule has 32 heavy (non-hydrogen) atoms. The number of carbonyl (C=O) groups excluding carboxylic acids is 1. The van der Waals surface area contributed by atoms with Crippen LogP contribution >= 0.6 is 0 Å². The third kappa shape index (κ3) is 5.11. The molecule has 1 saturated heterocycles. The molecule has 0 radical (unpaired) electrons. The third-order valence-electron chi connectivity index (χ3n) is 5.11. The maximum atomic E-state index is 12.8. The van der Waals surface area contributed by atoms with Gasteiger partial charge in [-0.15, -0.1) is 10.2 Å². The predicted octanol–water partition coefficient (Wildman–Crippen LogP) is 2.08. The average molecular weight is 447 g/mol. The van der Waals surface area contributed by atoms with Crippen LogP contribution in [0.5, 0.6) is 5.88 Å². The molecule has 0 atom stereocenters. The molecule has 0 unspecified atom stereocenters. The highest BCUT2D eigenvalue weighted by Crippen LogP contribution is 2.24. The van der Waals surface area contributed by atoms with Crippen LogP contribution in [0, 0.1) is 0 Å². The standard InChI is InChI=1S/C21H27F2N7O2/c1-13(24)16(30(25)15-6-4-14(5-7-15)19(22)23)12-32-18-9-8-17(27-28-18)29-11-10-26-21(2,3)20(29)31/h4-9,19,26H,10-12,24-25H2,1-3H3/b16-13-. The number of hydrogen-bond donors (Lipinski definition) is 3. The molecule has 0 spiro atoms. The number of anilines is 2. The Morgan fingerprint density at radius 1 is 1.25 bits per heavy atom. The molecule has 1 aliphatic rings. The second-order valence-electron chi connectivity index (χ2n) is 7.92. The zero-order valence-electron chi connectivity index (χ0n) is 18.2. The number of rotatable bonds is 7. The van der Waals surface area contributed by atoms with Crippen LogP contribution in [0.4, 0.5) is 20.3 Å². The number of nitrogens with zero attached hydrogens (tertiary/aromatic N) is 4. The van der Waals surface area contributed by atoms with Crippen LogP contribution in [0.15, 0.2) is 47.8 Å². The normalized spacial score (nSPS) is 16.7. The van der Waals surface area contributed by atoms with Crippen molar-refractivity contribution in [3.8, 4) is 5.88 Å². The van der Waals surface area contributed by atoms with E-state index >= 15 is 0 Å². The Labute approximate surface area is 185 Å². The number of amides is 1. The van der Waals surface area contributed by atoms with Crippen LogP contribution in [-0.2, 0) is 4.79 Å². The number of carbonyl (C=O) groups is 1. The van der Waals surface area contributed by atoms with E-state index in [-0.39, 0.29) is 24.0 Å². The molecular formula is C21H27F2N7O2. The van der Waals surface area contributed by atoms with E-state index in [1.165, 1.54) is 29.3 Å². The summed E-state index contributed by atoms with van der Waals surface area (Å²) in [5, 5.41) is 12.6. The fourth-order valence-corrected chi connectivity index (χ4v) is 3.20. The smallest absolute Gasteiger partial charge is 0.263 e. The molecule has 1 aromatic heterocycles. The van der Waals surface area contributed by atoms with Crippen molar-refractivity contribution in [2.24, 2.45) is 11.6 Å². The SMILES string of the molecule is C/C(N)=C(\COc1ccc(N2CCNC(C)(C)C2=O)nn1)N(N)c1ccc(C(F)F)cc1. The molecule has 2 heterocycles. The van der Waals surface area contributed by atoms with E-state index in [0.717, 1.165) is 0 Å². The number of aromatic nitrogens is 2. The topological polar surface area (TPSA) is 123 Å². The van der Waals surface area contributed by atoms with Crippen molar-refractivity contribution in [1.82, 2.24) is 15.5 Å². The summed E-state index contributed by atoms with van der Waals surface area (Å²) in [6.45, 7) is 6.39. The summed E-state index contributed by atoms with van der Waals surface area (Å²) in [6.07, 6.45) is -2.56. The lowest BCUT2D eigenvalue weighted by Gasteiger charge is -2.37. The number of alkyl halides is 2. The minimum Gasteiger partial charge on any atom is -0.470 e. The van der Waals surface area contributed by atoms with Crippen molar-refractivity contribution in [3.05, 3.63) is 53.4 Å². The number of ether oxygens (including phenoxy) is 1. The first-order chi connectivity index (χ1) is 15.1. The van der Waals surface area contributed by atoms with Crippen LogP contribution in [0.3, 0.4) is 0 Å². The minimum atomic E-state index is -2.56. The van der Waals surface area contributed by atoms with Crippen LogP contribution in [0.1, 0.15) is 32.8 Å². The number of hydrazine groups is 1. The number of nitrogens with two attached hydrogens (primary N) is 2. The van der Waals surface area contributed by atoms with Crippen molar-refractivity contribution in [2.75, 3.05) is 29.6 Å². The summed E-state index contributed by atoms with van der Waals surface area (Å²) in [6, 6.07) is 8.81. The number of hydrogen-bond acceptors (Lipinski definition) is 8. The Hall–Kier alpha value is -3.31. The van der Waals surface area contributed by atoms with E-state index in [1.807, 2.05) is 13.8 Å². The zero-order valence-corrected chi connectivity index (χ0v) is 18.2. The molecule has 0 bridgehead atoms. The summed E-state index contributed by atoms with van der Waals surface area (Å²) in [7, 11) is 0. The van der Waals surface area contributed by atoms with Crippen LogP contribution in [0.2, 0.25) is 0 Å². The number of piperazine rings is 1. The molecule has 9 nitrogen and oxygen atoms in total. The molecule has 1 aromatic carbocycles.